The van der Waals surface area contributed by atoms with Crippen LogP contribution in [0.1, 0.15) is 11.6 Å². The van der Waals surface area contributed by atoms with Crippen LogP contribution < -0.4 is 0 Å². The molecular weight excluding hydrogens is 169 g/mol. The summed E-state index contributed by atoms with van der Waals surface area (Å²) >= 11 is 0. The molecule has 1 aromatic rings. The Morgan fingerprint density at radius 1 is 1.31 bits per heavy atom. The first-order valence-electron chi connectivity index (χ1n) is 4.02. The lowest BCUT2D eigenvalue weighted by Crippen LogP contribution is -2.20. The molecule has 0 saturated heterocycles. The maximum absolute atomic E-state index is 12.6. The van der Waals surface area contributed by atoms with Gasteiger partial charge in [-0.2, -0.15) is 0 Å². The fourth-order valence-corrected chi connectivity index (χ4v) is 1.16. The van der Waals surface area contributed by atoms with E-state index in [9.17, 15) is 9.18 Å². The molecule has 13 heavy (non-hydrogen) atoms. The van der Waals surface area contributed by atoms with Crippen molar-refractivity contribution in [2.24, 2.45) is 0 Å². The minimum absolute atomic E-state index is 0.285. The summed E-state index contributed by atoms with van der Waals surface area (Å²) in [5.41, 5.74) is 0.807. The molecule has 0 spiro atoms. The molecule has 1 aromatic carbocycles. The van der Waals surface area contributed by atoms with Crippen LogP contribution in [0.5, 0.6) is 0 Å². The number of carbonyl (C=O) groups is 1. The fraction of sp³-hybridized carbons (Fsp3) is 0.300. The zero-order valence-corrected chi connectivity index (χ0v) is 7.70. The predicted molar refractivity (Wildman–Crippen MR) is 48.9 cm³/mol. The number of halogens is 1. The molecule has 0 aliphatic heterocycles. The highest BCUT2D eigenvalue weighted by Gasteiger charge is 2.11. The van der Waals surface area contributed by atoms with Gasteiger partial charge in [-0.05, 0) is 31.8 Å². The van der Waals surface area contributed by atoms with Crippen LogP contribution in [0.15, 0.2) is 24.3 Å². The molecule has 0 bridgehead atoms. The third-order valence-electron chi connectivity index (χ3n) is 1.90. The highest BCUT2D eigenvalue weighted by molar-refractivity contribution is 5.61. The Labute approximate surface area is 77.0 Å². The smallest absolute Gasteiger partial charge is 0.141 e. The van der Waals surface area contributed by atoms with E-state index in [1.807, 2.05) is 14.1 Å². The van der Waals surface area contributed by atoms with E-state index in [1.165, 1.54) is 12.1 Å². The first kappa shape index (κ1) is 9.86. The third kappa shape index (κ3) is 2.36. The number of carbonyl (C=O) groups excluding carboxylic acids is 1. The van der Waals surface area contributed by atoms with E-state index in [2.05, 4.69) is 0 Å². The monoisotopic (exact) mass is 181 g/mol. The molecule has 2 nitrogen and oxygen atoms in total. The Balaban J connectivity index is 2.92. The first-order valence-corrected chi connectivity index (χ1v) is 4.02. The molecule has 1 atom stereocenters. The van der Waals surface area contributed by atoms with Gasteiger partial charge in [-0.1, -0.05) is 12.1 Å². The molecule has 0 aliphatic carbocycles. The summed E-state index contributed by atoms with van der Waals surface area (Å²) in [5.74, 6) is -0.285. The van der Waals surface area contributed by atoms with Crippen molar-refractivity contribution in [3.63, 3.8) is 0 Å². The molecule has 0 heterocycles. The summed E-state index contributed by atoms with van der Waals surface area (Å²) in [5, 5.41) is 0. The van der Waals surface area contributed by atoms with E-state index in [-0.39, 0.29) is 11.9 Å². The van der Waals surface area contributed by atoms with Crippen LogP contribution in [0.4, 0.5) is 4.39 Å². The maximum Gasteiger partial charge on any atom is 0.141 e. The Bertz CT molecular complexity index is 281. The average molecular weight is 181 g/mol. The van der Waals surface area contributed by atoms with Crippen LogP contribution in [-0.4, -0.2) is 25.3 Å². The van der Waals surface area contributed by atoms with Gasteiger partial charge in [-0.15, -0.1) is 0 Å². The van der Waals surface area contributed by atoms with E-state index in [1.54, 1.807) is 17.0 Å². The van der Waals surface area contributed by atoms with Crippen LogP contribution in [0.3, 0.4) is 0 Å². The summed E-state index contributed by atoms with van der Waals surface area (Å²) in [7, 11) is 3.62. The fourth-order valence-electron chi connectivity index (χ4n) is 1.16. The van der Waals surface area contributed by atoms with Crippen molar-refractivity contribution < 1.29 is 9.18 Å². The van der Waals surface area contributed by atoms with Crippen molar-refractivity contribution in [2.75, 3.05) is 14.1 Å². The van der Waals surface area contributed by atoms with Gasteiger partial charge in [0, 0.05) is 0 Å². The maximum atomic E-state index is 12.6. The van der Waals surface area contributed by atoms with Gasteiger partial charge in [0.1, 0.15) is 12.1 Å². The van der Waals surface area contributed by atoms with E-state index < -0.39 is 0 Å². The van der Waals surface area contributed by atoms with E-state index in [4.69, 9.17) is 0 Å². The van der Waals surface area contributed by atoms with Gasteiger partial charge < -0.3 is 4.79 Å². The van der Waals surface area contributed by atoms with Gasteiger partial charge in [0.2, 0.25) is 0 Å². The predicted octanol–water partition coefficient (Wildman–Crippen LogP) is 1.63. The standard InChI is InChI=1S/C10H12FNO/c1-12(2)10(7-13)8-3-5-9(11)6-4-8/h3-7,10H,1-2H3. The Morgan fingerprint density at radius 2 is 1.85 bits per heavy atom. The minimum atomic E-state index is -0.291. The molecule has 1 rings (SSSR count). The molecule has 0 radical (unpaired) electrons. The SMILES string of the molecule is CN(C)C(C=O)c1ccc(F)cc1. The summed E-state index contributed by atoms with van der Waals surface area (Å²) in [6.07, 6.45) is 0.841. The summed E-state index contributed by atoms with van der Waals surface area (Å²) in [6, 6.07) is 5.66. The van der Waals surface area contributed by atoms with Crippen LogP contribution in [0.2, 0.25) is 0 Å². The number of nitrogens with zero attached hydrogens (tertiary/aromatic N) is 1. The molecule has 1 unspecified atom stereocenters. The second-order valence-electron chi connectivity index (χ2n) is 3.10. The molecular formula is C10H12FNO. The second kappa shape index (κ2) is 4.14. The molecule has 0 aromatic heterocycles. The molecule has 0 fully saturated rings. The van der Waals surface area contributed by atoms with Gasteiger partial charge in [0.05, 0.1) is 6.04 Å². The number of hydrogen-bond donors (Lipinski definition) is 0. The van der Waals surface area contributed by atoms with Crippen LogP contribution in [0, 0.1) is 5.82 Å². The molecule has 70 valence electrons. The van der Waals surface area contributed by atoms with Crippen molar-refractivity contribution in [2.45, 2.75) is 6.04 Å². The van der Waals surface area contributed by atoms with Crippen molar-refractivity contribution >= 4 is 6.29 Å². The van der Waals surface area contributed by atoms with E-state index in [0.29, 0.717) is 0 Å². The van der Waals surface area contributed by atoms with Crippen LogP contribution in [0.25, 0.3) is 0 Å². The Morgan fingerprint density at radius 3 is 2.23 bits per heavy atom. The minimum Gasteiger partial charge on any atom is -0.301 e. The van der Waals surface area contributed by atoms with E-state index in [0.717, 1.165) is 11.8 Å². The molecule has 0 N–H and O–H groups in total. The Kier molecular flexibility index (Phi) is 3.14. The van der Waals surface area contributed by atoms with Gasteiger partial charge in [0.15, 0.2) is 0 Å². The van der Waals surface area contributed by atoms with Gasteiger partial charge in [0.25, 0.3) is 0 Å². The van der Waals surface area contributed by atoms with Crippen molar-refractivity contribution in [3.8, 4) is 0 Å². The van der Waals surface area contributed by atoms with Gasteiger partial charge in [-0.25, -0.2) is 4.39 Å². The summed E-state index contributed by atoms with van der Waals surface area (Å²) in [4.78, 5) is 12.5. The number of aldehydes is 1. The van der Waals surface area contributed by atoms with Crippen molar-refractivity contribution in [3.05, 3.63) is 35.6 Å². The largest absolute Gasteiger partial charge is 0.301 e. The molecule has 0 saturated carbocycles. The third-order valence-corrected chi connectivity index (χ3v) is 1.90. The lowest BCUT2D eigenvalue weighted by Gasteiger charge is -2.18. The zero-order chi connectivity index (χ0) is 9.84. The number of likely N-dealkylation sites (N-methyl/N-ethyl adjacent to an activating group) is 1. The summed E-state index contributed by atoms with van der Waals surface area (Å²) in [6.45, 7) is 0. The quantitative estimate of drug-likeness (QED) is 0.660. The lowest BCUT2D eigenvalue weighted by molar-refractivity contribution is -0.111. The van der Waals surface area contributed by atoms with Crippen LogP contribution >= 0.6 is 0 Å². The van der Waals surface area contributed by atoms with Crippen molar-refractivity contribution in [1.29, 1.82) is 0 Å². The average Bonchev–Trinajstić information content (AvgIpc) is 2.09. The lowest BCUT2D eigenvalue weighted by atomic mass is 10.1. The normalized spacial score (nSPS) is 12.9. The number of benzene rings is 1. The second-order valence-corrected chi connectivity index (χ2v) is 3.10. The first-order chi connectivity index (χ1) is 6.15. The number of rotatable bonds is 3. The highest BCUT2D eigenvalue weighted by atomic mass is 19.1. The summed E-state index contributed by atoms with van der Waals surface area (Å²) < 4.78 is 12.6. The van der Waals surface area contributed by atoms with Gasteiger partial charge >= 0.3 is 0 Å². The molecule has 0 aliphatic rings. The molecule has 3 heteroatoms. The Hall–Kier alpha value is -1.22. The van der Waals surface area contributed by atoms with Crippen molar-refractivity contribution in [1.82, 2.24) is 4.90 Å². The van der Waals surface area contributed by atoms with Crippen LogP contribution in [-0.2, 0) is 4.79 Å². The number of hydrogen-bond acceptors (Lipinski definition) is 2. The zero-order valence-electron chi connectivity index (χ0n) is 7.70. The highest BCUT2D eigenvalue weighted by Crippen LogP contribution is 2.15. The van der Waals surface area contributed by atoms with E-state index >= 15 is 0 Å². The molecule has 0 amide bonds. The topological polar surface area (TPSA) is 20.3 Å². The van der Waals surface area contributed by atoms with Gasteiger partial charge in [-0.3, -0.25) is 4.90 Å².